The highest BCUT2D eigenvalue weighted by Gasteiger charge is 2.68. The van der Waals surface area contributed by atoms with Crippen LogP contribution in [0, 0.1) is 0 Å². The Hall–Kier alpha value is -0.700. The van der Waals surface area contributed by atoms with Gasteiger partial charge in [0.2, 0.25) is 0 Å². The Morgan fingerprint density at radius 2 is 0.733 bits per heavy atom. The minimum Gasteiger partial charge on any atom is -0.231 e. The summed E-state index contributed by atoms with van der Waals surface area (Å²) < 4.78 is 116. The molecule has 0 aromatic carbocycles. The molecule has 0 heterocycles. The van der Waals surface area contributed by atoms with Crippen LogP contribution in [0.5, 0.6) is 0 Å². The molecular formula is C5H2F10. The molecule has 0 aromatic rings. The normalized spacial score (nSPS) is 18.8. The van der Waals surface area contributed by atoms with Crippen molar-refractivity contribution in [2.24, 2.45) is 0 Å². The van der Waals surface area contributed by atoms with E-state index < -0.39 is 30.6 Å². The maximum Gasteiger partial charge on any atom is 0.425 e. The van der Waals surface area contributed by atoms with Gasteiger partial charge >= 0.3 is 18.3 Å². The Labute approximate surface area is 75.9 Å². The molecule has 0 rings (SSSR count). The van der Waals surface area contributed by atoms with E-state index in [1.54, 1.807) is 0 Å². The van der Waals surface area contributed by atoms with Crippen molar-refractivity contribution >= 4 is 0 Å². The molecule has 0 N–H and O–H groups in total. The van der Waals surface area contributed by atoms with E-state index in [1.807, 2.05) is 0 Å². The average molecular weight is 252 g/mol. The van der Waals surface area contributed by atoms with E-state index in [4.69, 9.17) is 0 Å². The third kappa shape index (κ3) is 3.13. The van der Waals surface area contributed by atoms with Crippen LogP contribution in [0.1, 0.15) is 0 Å². The summed E-state index contributed by atoms with van der Waals surface area (Å²) in [5.74, 6) is -6.20. The van der Waals surface area contributed by atoms with E-state index in [0.717, 1.165) is 0 Å². The smallest absolute Gasteiger partial charge is 0.231 e. The van der Waals surface area contributed by atoms with Gasteiger partial charge in [-0.25, -0.2) is 8.78 Å². The van der Waals surface area contributed by atoms with Crippen molar-refractivity contribution in [1.29, 1.82) is 0 Å². The van der Waals surface area contributed by atoms with Crippen LogP contribution in [-0.4, -0.2) is 30.6 Å². The van der Waals surface area contributed by atoms with Crippen LogP contribution >= 0.6 is 0 Å². The summed E-state index contributed by atoms with van der Waals surface area (Å²) >= 11 is 0. The van der Waals surface area contributed by atoms with Crippen molar-refractivity contribution in [3.63, 3.8) is 0 Å². The molecule has 0 aromatic heterocycles. The number of halogens is 10. The lowest BCUT2D eigenvalue weighted by Crippen LogP contribution is -2.53. The second-order valence-corrected chi connectivity index (χ2v) is 2.48. The minimum atomic E-state index is -6.26. The second-order valence-electron chi connectivity index (χ2n) is 2.48. The summed E-state index contributed by atoms with van der Waals surface area (Å²) in [6.45, 7) is 0. The van der Waals surface area contributed by atoms with Crippen LogP contribution in [0.2, 0.25) is 0 Å². The molecule has 2 unspecified atom stereocenters. The molecule has 0 spiro atoms. The van der Waals surface area contributed by atoms with Crippen LogP contribution in [0.3, 0.4) is 0 Å². The van der Waals surface area contributed by atoms with Crippen molar-refractivity contribution in [2.45, 2.75) is 30.6 Å². The van der Waals surface area contributed by atoms with Gasteiger partial charge in [-0.05, 0) is 0 Å². The molecule has 92 valence electrons. The summed E-state index contributed by atoms with van der Waals surface area (Å²) in [6.07, 6.45) is -22.9. The molecule has 10 heteroatoms. The number of hydrogen-bond donors (Lipinski definition) is 0. The topological polar surface area (TPSA) is 0 Å². The molecule has 0 saturated heterocycles. The number of alkyl halides is 10. The first kappa shape index (κ1) is 14.3. The number of hydrogen-bond acceptors (Lipinski definition) is 0. The van der Waals surface area contributed by atoms with Crippen molar-refractivity contribution in [3.8, 4) is 0 Å². The Bertz CT molecular complexity index is 189. The van der Waals surface area contributed by atoms with E-state index in [0.29, 0.717) is 0 Å². The summed E-state index contributed by atoms with van der Waals surface area (Å²) in [7, 11) is 0. The fourth-order valence-corrected chi connectivity index (χ4v) is 0.565. The van der Waals surface area contributed by atoms with E-state index in [1.165, 1.54) is 0 Å². The summed E-state index contributed by atoms with van der Waals surface area (Å²) in [4.78, 5) is 0. The van der Waals surface area contributed by atoms with E-state index in [-0.39, 0.29) is 0 Å². The zero-order valence-electron chi connectivity index (χ0n) is 6.43. The molecule has 0 amide bonds. The van der Waals surface area contributed by atoms with E-state index >= 15 is 0 Å². The SMILES string of the molecule is FC(C(F)(F)F)C(F)(F)C(F)C(F)(F)F. The highest BCUT2D eigenvalue weighted by atomic mass is 19.4. The van der Waals surface area contributed by atoms with Gasteiger partial charge < -0.3 is 0 Å². The first-order valence-electron chi connectivity index (χ1n) is 3.10. The molecule has 0 saturated carbocycles. The van der Waals surface area contributed by atoms with E-state index in [2.05, 4.69) is 0 Å². The van der Waals surface area contributed by atoms with Crippen molar-refractivity contribution in [1.82, 2.24) is 0 Å². The van der Waals surface area contributed by atoms with Crippen molar-refractivity contribution < 1.29 is 43.9 Å². The maximum absolute atomic E-state index is 12.0. The van der Waals surface area contributed by atoms with Gasteiger partial charge in [0, 0.05) is 0 Å². The van der Waals surface area contributed by atoms with E-state index in [9.17, 15) is 43.9 Å². The Balaban J connectivity index is 4.98. The third-order valence-corrected chi connectivity index (χ3v) is 1.25. The van der Waals surface area contributed by atoms with Crippen LogP contribution in [0.15, 0.2) is 0 Å². The summed E-state index contributed by atoms with van der Waals surface area (Å²) in [5.41, 5.74) is 0. The Morgan fingerprint density at radius 3 is 0.867 bits per heavy atom. The van der Waals surface area contributed by atoms with Gasteiger partial charge in [0.1, 0.15) is 0 Å². The molecule has 0 aliphatic rings. The predicted octanol–water partition coefficient (Wildman–Crippen LogP) is 3.42. The lowest BCUT2D eigenvalue weighted by Gasteiger charge is -2.26. The Kier molecular flexibility index (Phi) is 3.53. The first-order chi connectivity index (χ1) is 6.31. The fraction of sp³-hybridized carbons (Fsp3) is 1.00. The molecule has 0 nitrogen and oxygen atoms in total. The lowest BCUT2D eigenvalue weighted by molar-refractivity contribution is -0.303. The lowest BCUT2D eigenvalue weighted by atomic mass is 10.1. The molecule has 0 fully saturated rings. The van der Waals surface area contributed by atoms with Gasteiger partial charge in [-0.2, -0.15) is 35.1 Å². The molecular weight excluding hydrogens is 250 g/mol. The zero-order chi connectivity index (χ0) is 12.7. The molecule has 2 atom stereocenters. The number of rotatable bonds is 2. The van der Waals surface area contributed by atoms with Gasteiger partial charge in [0.25, 0.3) is 12.3 Å². The minimum absolute atomic E-state index is 5.21. The van der Waals surface area contributed by atoms with Gasteiger partial charge in [-0.1, -0.05) is 0 Å². The quantitative estimate of drug-likeness (QED) is 0.660. The summed E-state index contributed by atoms with van der Waals surface area (Å²) in [5, 5.41) is 0. The van der Waals surface area contributed by atoms with Crippen LogP contribution < -0.4 is 0 Å². The predicted molar refractivity (Wildman–Crippen MR) is 26.8 cm³/mol. The molecule has 0 bridgehead atoms. The third-order valence-electron chi connectivity index (χ3n) is 1.25. The molecule has 0 aliphatic heterocycles. The summed E-state index contributed by atoms with van der Waals surface area (Å²) in [6, 6.07) is 0. The van der Waals surface area contributed by atoms with Gasteiger partial charge in [0.05, 0.1) is 0 Å². The van der Waals surface area contributed by atoms with Crippen LogP contribution in [0.4, 0.5) is 43.9 Å². The fourth-order valence-electron chi connectivity index (χ4n) is 0.565. The second kappa shape index (κ2) is 3.71. The van der Waals surface area contributed by atoms with Gasteiger partial charge in [-0.15, -0.1) is 0 Å². The highest BCUT2D eigenvalue weighted by molar-refractivity contribution is 4.92. The monoisotopic (exact) mass is 252 g/mol. The molecule has 0 aliphatic carbocycles. The first-order valence-corrected chi connectivity index (χ1v) is 3.10. The van der Waals surface area contributed by atoms with Crippen molar-refractivity contribution in [3.05, 3.63) is 0 Å². The van der Waals surface area contributed by atoms with Gasteiger partial charge in [0.15, 0.2) is 0 Å². The largest absolute Gasteiger partial charge is 0.425 e. The van der Waals surface area contributed by atoms with Crippen LogP contribution in [0.25, 0.3) is 0 Å². The molecule has 0 radical (unpaired) electrons. The maximum atomic E-state index is 12.0. The highest BCUT2D eigenvalue weighted by Crippen LogP contribution is 2.43. The standard InChI is InChI=1S/C5H2F10/c6-1(4(10,11)12)3(8,9)2(7)5(13,14)15/h1-2H. The van der Waals surface area contributed by atoms with Crippen LogP contribution in [-0.2, 0) is 0 Å². The van der Waals surface area contributed by atoms with Gasteiger partial charge in [-0.3, -0.25) is 0 Å². The molecule has 15 heavy (non-hydrogen) atoms. The van der Waals surface area contributed by atoms with Crippen molar-refractivity contribution in [2.75, 3.05) is 0 Å². The average Bonchev–Trinajstić information content (AvgIpc) is 1.98. The zero-order valence-corrected chi connectivity index (χ0v) is 6.43. The Morgan fingerprint density at radius 1 is 0.533 bits per heavy atom.